The molecule has 0 saturated carbocycles. The number of unbranched alkanes of at least 4 members (excludes halogenated alkanes) is 1. The number of benzene rings is 3. The van der Waals surface area contributed by atoms with E-state index < -0.39 is 0 Å². The molecule has 0 atom stereocenters. The van der Waals surface area contributed by atoms with Crippen LogP contribution in [0.2, 0.25) is 0 Å². The summed E-state index contributed by atoms with van der Waals surface area (Å²) >= 11 is 1.81. The third-order valence-corrected chi connectivity index (χ3v) is 9.06. The normalized spacial score (nSPS) is 13.8. The number of para-hydroxylation sites is 1. The minimum Gasteiger partial charge on any atom is -0.496 e. The molecule has 0 spiro atoms. The SMILES string of the molecule is CCCCC1=CC(=Cc2sc3cc(-c4c(OC)cccc4OC)ccc3[n+]2C)c2ccccc2N1Cc1ccncc1. The molecule has 0 fully saturated rings. The van der Waals surface area contributed by atoms with Gasteiger partial charge in [0.15, 0.2) is 0 Å². The highest BCUT2D eigenvalue weighted by atomic mass is 32.1. The summed E-state index contributed by atoms with van der Waals surface area (Å²) < 4.78 is 14.9. The number of rotatable bonds is 9. The van der Waals surface area contributed by atoms with E-state index in [1.54, 1.807) is 25.6 Å². The van der Waals surface area contributed by atoms with Gasteiger partial charge in [0.1, 0.15) is 23.2 Å². The lowest BCUT2D eigenvalue weighted by Crippen LogP contribution is -2.29. The molecule has 6 rings (SSSR count). The van der Waals surface area contributed by atoms with Crippen LogP contribution in [0.4, 0.5) is 5.69 Å². The van der Waals surface area contributed by atoms with Gasteiger partial charge in [-0.3, -0.25) is 4.98 Å². The number of aromatic nitrogens is 2. The van der Waals surface area contributed by atoms with E-state index in [-0.39, 0.29) is 0 Å². The number of ether oxygens (including phenoxy) is 2. The first-order valence-corrected chi connectivity index (χ1v) is 15.2. The minimum absolute atomic E-state index is 0.803. The lowest BCUT2D eigenvalue weighted by Gasteiger charge is -2.34. The highest BCUT2D eigenvalue weighted by Gasteiger charge is 2.25. The lowest BCUT2D eigenvalue weighted by molar-refractivity contribution is -0.642. The van der Waals surface area contributed by atoms with E-state index in [1.165, 1.54) is 43.3 Å². The molecule has 0 amide bonds. The van der Waals surface area contributed by atoms with Gasteiger partial charge in [-0.25, -0.2) is 0 Å². The summed E-state index contributed by atoms with van der Waals surface area (Å²) in [5.74, 6) is 1.61. The first-order chi connectivity index (χ1) is 20.6. The van der Waals surface area contributed by atoms with Crippen LogP contribution in [-0.2, 0) is 13.6 Å². The molecule has 1 aliphatic heterocycles. The zero-order valence-corrected chi connectivity index (χ0v) is 25.4. The van der Waals surface area contributed by atoms with Crippen LogP contribution in [0.5, 0.6) is 11.5 Å². The molecule has 0 bridgehead atoms. The maximum Gasteiger partial charge on any atom is 0.263 e. The fourth-order valence-electron chi connectivity index (χ4n) is 5.71. The van der Waals surface area contributed by atoms with Gasteiger partial charge in [-0.05, 0) is 78.1 Å². The third-order valence-electron chi connectivity index (χ3n) is 7.91. The van der Waals surface area contributed by atoms with Crippen LogP contribution in [0, 0.1) is 0 Å². The minimum atomic E-state index is 0.803. The van der Waals surface area contributed by atoms with Crippen LogP contribution in [-0.4, -0.2) is 19.2 Å². The summed E-state index contributed by atoms with van der Waals surface area (Å²) in [6, 6.07) is 25.5. The number of allylic oxidation sites excluding steroid dienone is 3. The number of fused-ring (bicyclic) bond motifs is 2. The Kier molecular flexibility index (Phi) is 8.06. The topological polar surface area (TPSA) is 38.5 Å². The molecule has 5 nitrogen and oxygen atoms in total. The number of pyridine rings is 1. The number of anilines is 1. The van der Waals surface area contributed by atoms with Crippen LogP contribution < -0.4 is 18.9 Å². The zero-order chi connectivity index (χ0) is 29.1. The molecule has 3 heterocycles. The first kappa shape index (κ1) is 27.7. The van der Waals surface area contributed by atoms with E-state index >= 15 is 0 Å². The smallest absolute Gasteiger partial charge is 0.263 e. The Balaban J connectivity index is 1.44. The average Bonchev–Trinajstić information content (AvgIpc) is 3.35. The van der Waals surface area contributed by atoms with Crippen molar-refractivity contribution in [3.8, 4) is 22.6 Å². The fraction of sp³-hybridized carbons (Fsp3) is 0.222. The molecule has 5 aromatic rings. The summed E-state index contributed by atoms with van der Waals surface area (Å²) in [4.78, 5) is 6.70. The first-order valence-electron chi connectivity index (χ1n) is 14.4. The van der Waals surface area contributed by atoms with Gasteiger partial charge in [-0.15, -0.1) is 0 Å². The van der Waals surface area contributed by atoms with Crippen LogP contribution in [0.25, 0.3) is 33.0 Å². The van der Waals surface area contributed by atoms with Gasteiger partial charge in [0, 0.05) is 48.0 Å². The van der Waals surface area contributed by atoms with Crippen LogP contribution in [0.15, 0.2) is 97.0 Å². The van der Waals surface area contributed by atoms with Crippen molar-refractivity contribution < 1.29 is 14.0 Å². The fourth-order valence-corrected chi connectivity index (χ4v) is 6.85. The predicted octanol–water partition coefficient (Wildman–Crippen LogP) is 8.44. The van der Waals surface area contributed by atoms with Gasteiger partial charge in [-0.2, -0.15) is 4.57 Å². The second-order valence-corrected chi connectivity index (χ2v) is 11.6. The Morgan fingerprint density at radius 2 is 1.69 bits per heavy atom. The molecule has 0 N–H and O–H groups in total. The second kappa shape index (κ2) is 12.2. The maximum atomic E-state index is 5.70. The van der Waals surface area contributed by atoms with Crippen molar-refractivity contribution in [1.29, 1.82) is 0 Å². The van der Waals surface area contributed by atoms with E-state index in [1.807, 2.05) is 30.6 Å². The number of aryl methyl sites for hydroxylation is 1. The standard InChI is InChI=1S/C36H36N3O2S/c1-5-6-10-28-21-27(29-11-7-8-12-30(29)39(28)24-25-17-19-37-20-18-25)23-35-38(2)31-16-15-26(22-34(31)42-35)36-32(40-3)13-9-14-33(36)41-4/h7-9,11-23H,5-6,10,24H2,1-4H3/q+1. The number of hydrogen-bond acceptors (Lipinski definition) is 5. The van der Waals surface area contributed by atoms with Crippen LogP contribution >= 0.6 is 11.3 Å². The van der Waals surface area contributed by atoms with Crippen molar-refractivity contribution in [2.45, 2.75) is 32.7 Å². The molecule has 0 unspecified atom stereocenters. The summed E-state index contributed by atoms with van der Waals surface area (Å²) in [5.41, 5.74) is 9.61. The van der Waals surface area contributed by atoms with E-state index in [4.69, 9.17) is 9.47 Å². The van der Waals surface area contributed by atoms with Crippen molar-refractivity contribution in [2.24, 2.45) is 7.05 Å². The number of nitrogens with zero attached hydrogens (tertiary/aromatic N) is 3. The van der Waals surface area contributed by atoms with Gasteiger partial charge in [0.2, 0.25) is 5.52 Å². The zero-order valence-electron chi connectivity index (χ0n) is 24.6. The monoisotopic (exact) mass is 574 g/mol. The molecule has 2 aromatic heterocycles. The molecule has 1 aliphatic rings. The van der Waals surface area contributed by atoms with Crippen molar-refractivity contribution in [2.75, 3.05) is 19.1 Å². The van der Waals surface area contributed by atoms with E-state index in [9.17, 15) is 0 Å². The van der Waals surface area contributed by atoms with E-state index in [0.717, 1.165) is 48.4 Å². The highest BCUT2D eigenvalue weighted by molar-refractivity contribution is 7.19. The molecular formula is C36H36N3O2S+. The Morgan fingerprint density at radius 3 is 2.43 bits per heavy atom. The number of hydrogen-bond donors (Lipinski definition) is 0. The largest absolute Gasteiger partial charge is 0.496 e. The predicted molar refractivity (Wildman–Crippen MR) is 174 cm³/mol. The summed E-state index contributed by atoms with van der Waals surface area (Å²) in [6.07, 6.45) is 11.9. The van der Waals surface area contributed by atoms with Gasteiger partial charge in [0.05, 0.1) is 19.8 Å². The van der Waals surface area contributed by atoms with E-state index in [0.29, 0.717) is 0 Å². The molecule has 0 saturated heterocycles. The van der Waals surface area contributed by atoms with Crippen LogP contribution in [0.3, 0.4) is 0 Å². The summed E-state index contributed by atoms with van der Waals surface area (Å²) in [5, 5.41) is 1.20. The van der Waals surface area contributed by atoms with Crippen LogP contribution in [0.1, 0.15) is 42.3 Å². The molecular weight excluding hydrogens is 538 g/mol. The van der Waals surface area contributed by atoms with Crippen molar-refractivity contribution in [3.05, 3.63) is 113 Å². The van der Waals surface area contributed by atoms with Gasteiger partial charge < -0.3 is 14.4 Å². The molecule has 0 radical (unpaired) electrons. The van der Waals surface area contributed by atoms with Crippen molar-refractivity contribution >= 4 is 38.9 Å². The highest BCUT2D eigenvalue weighted by Crippen LogP contribution is 2.42. The summed E-state index contributed by atoms with van der Waals surface area (Å²) in [6.45, 7) is 3.08. The number of thiazole rings is 1. The molecule has 0 aliphatic carbocycles. The average molecular weight is 575 g/mol. The second-order valence-electron chi connectivity index (χ2n) is 10.5. The van der Waals surface area contributed by atoms with Gasteiger partial charge in [0.25, 0.3) is 5.01 Å². The molecule has 212 valence electrons. The third kappa shape index (κ3) is 5.30. The van der Waals surface area contributed by atoms with E-state index in [2.05, 4.69) is 95.2 Å². The Hall–Kier alpha value is -4.42. The lowest BCUT2D eigenvalue weighted by atomic mass is 9.94. The van der Waals surface area contributed by atoms with Crippen molar-refractivity contribution in [3.63, 3.8) is 0 Å². The summed E-state index contributed by atoms with van der Waals surface area (Å²) in [7, 11) is 5.56. The molecule has 3 aromatic carbocycles. The Labute approximate surface area is 252 Å². The van der Waals surface area contributed by atoms with Gasteiger partial charge in [-0.1, -0.05) is 48.9 Å². The maximum absolute atomic E-state index is 5.70. The Bertz CT molecular complexity index is 1770. The molecule has 42 heavy (non-hydrogen) atoms. The molecule has 6 heteroatoms. The number of methoxy groups -OCH3 is 2. The quantitative estimate of drug-likeness (QED) is 0.166. The Morgan fingerprint density at radius 1 is 0.929 bits per heavy atom. The van der Waals surface area contributed by atoms with Crippen molar-refractivity contribution in [1.82, 2.24) is 4.98 Å². The van der Waals surface area contributed by atoms with Gasteiger partial charge >= 0.3 is 0 Å².